The van der Waals surface area contributed by atoms with Crippen LogP contribution in [0.4, 0.5) is 0 Å². The fraction of sp³-hybridized carbons (Fsp3) is 1.00. The monoisotopic (exact) mass is 184 g/mol. The first-order valence-corrected chi connectivity index (χ1v) is 5.59. The molecule has 0 heterocycles. The Morgan fingerprint density at radius 1 is 1.31 bits per heavy atom. The van der Waals surface area contributed by atoms with E-state index in [2.05, 4.69) is 19.2 Å². The molecule has 0 radical (unpaired) electrons. The van der Waals surface area contributed by atoms with Crippen LogP contribution in [-0.4, -0.2) is 19.6 Å². The first kappa shape index (κ1) is 11.0. The van der Waals surface area contributed by atoms with E-state index in [1.807, 2.05) is 0 Å². The molecule has 1 aliphatic rings. The van der Waals surface area contributed by atoms with Gasteiger partial charge in [0, 0.05) is 6.54 Å². The van der Waals surface area contributed by atoms with Gasteiger partial charge in [-0.3, -0.25) is 0 Å². The van der Waals surface area contributed by atoms with E-state index in [9.17, 15) is 0 Å². The zero-order chi connectivity index (χ0) is 9.73. The zero-order valence-corrected chi connectivity index (χ0v) is 9.10. The van der Waals surface area contributed by atoms with Gasteiger partial charge in [0.25, 0.3) is 0 Å². The highest BCUT2D eigenvalue weighted by Gasteiger charge is 2.31. The molecule has 0 aliphatic heterocycles. The number of rotatable bonds is 5. The first-order chi connectivity index (χ1) is 6.18. The summed E-state index contributed by atoms with van der Waals surface area (Å²) >= 11 is 0. The lowest BCUT2D eigenvalue weighted by atomic mass is 9.86. The summed E-state index contributed by atoms with van der Waals surface area (Å²) in [5.41, 5.74) is 6.29. The average Bonchev–Trinajstić information content (AvgIpc) is 2.53. The van der Waals surface area contributed by atoms with Crippen molar-refractivity contribution in [3.8, 4) is 0 Å². The van der Waals surface area contributed by atoms with Crippen LogP contribution in [0.1, 0.15) is 39.5 Å². The Morgan fingerprint density at radius 3 is 2.38 bits per heavy atom. The molecule has 0 atom stereocenters. The molecule has 0 spiro atoms. The minimum absolute atomic E-state index is 0.439. The van der Waals surface area contributed by atoms with Gasteiger partial charge in [0.05, 0.1) is 0 Å². The summed E-state index contributed by atoms with van der Waals surface area (Å²) in [6.07, 6.45) is 5.41. The van der Waals surface area contributed by atoms with E-state index in [1.54, 1.807) is 0 Å². The van der Waals surface area contributed by atoms with E-state index >= 15 is 0 Å². The third kappa shape index (κ3) is 3.28. The molecule has 0 aromatic heterocycles. The van der Waals surface area contributed by atoms with E-state index in [0.717, 1.165) is 25.6 Å². The lowest BCUT2D eigenvalue weighted by Crippen LogP contribution is -2.39. The van der Waals surface area contributed by atoms with Gasteiger partial charge < -0.3 is 11.1 Å². The first-order valence-electron chi connectivity index (χ1n) is 5.59. The van der Waals surface area contributed by atoms with Crippen LogP contribution in [0.25, 0.3) is 0 Å². The van der Waals surface area contributed by atoms with Crippen molar-refractivity contribution in [2.75, 3.05) is 19.6 Å². The molecule has 2 heteroatoms. The Bertz CT molecular complexity index is 137. The fourth-order valence-corrected chi connectivity index (χ4v) is 2.20. The second-order valence-electron chi connectivity index (χ2n) is 4.94. The van der Waals surface area contributed by atoms with Crippen molar-refractivity contribution in [2.24, 2.45) is 17.1 Å². The highest BCUT2D eigenvalue weighted by Crippen LogP contribution is 2.36. The average molecular weight is 184 g/mol. The maximum Gasteiger partial charge on any atom is 0.00200 e. The second kappa shape index (κ2) is 4.97. The molecule has 0 aromatic carbocycles. The van der Waals surface area contributed by atoms with Crippen molar-refractivity contribution in [1.82, 2.24) is 5.32 Å². The summed E-state index contributed by atoms with van der Waals surface area (Å²) in [6, 6.07) is 0. The molecule has 1 rings (SSSR count). The molecule has 0 unspecified atom stereocenters. The maximum atomic E-state index is 5.85. The molecular formula is C11H24N2. The predicted octanol–water partition coefficient (Wildman–Crippen LogP) is 1.75. The van der Waals surface area contributed by atoms with Crippen molar-refractivity contribution in [3.05, 3.63) is 0 Å². The summed E-state index contributed by atoms with van der Waals surface area (Å²) < 4.78 is 0. The minimum atomic E-state index is 0.439. The number of hydrogen-bond acceptors (Lipinski definition) is 2. The summed E-state index contributed by atoms with van der Waals surface area (Å²) in [6.45, 7) is 7.61. The third-order valence-electron chi connectivity index (χ3n) is 3.15. The van der Waals surface area contributed by atoms with Crippen LogP contribution in [0.3, 0.4) is 0 Å². The maximum absolute atomic E-state index is 5.85. The van der Waals surface area contributed by atoms with E-state index in [4.69, 9.17) is 5.73 Å². The lowest BCUT2D eigenvalue weighted by Gasteiger charge is -2.27. The van der Waals surface area contributed by atoms with Crippen molar-refractivity contribution < 1.29 is 0 Å². The van der Waals surface area contributed by atoms with Gasteiger partial charge in [-0.15, -0.1) is 0 Å². The summed E-state index contributed by atoms with van der Waals surface area (Å²) in [4.78, 5) is 0. The molecular weight excluding hydrogens is 160 g/mol. The topological polar surface area (TPSA) is 38.0 Å². The van der Waals surface area contributed by atoms with E-state index in [1.165, 1.54) is 25.7 Å². The molecule has 0 saturated heterocycles. The molecule has 1 aliphatic carbocycles. The van der Waals surface area contributed by atoms with Gasteiger partial charge >= 0.3 is 0 Å². The Morgan fingerprint density at radius 2 is 1.92 bits per heavy atom. The highest BCUT2D eigenvalue weighted by molar-refractivity contribution is 4.87. The molecule has 13 heavy (non-hydrogen) atoms. The van der Waals surface area contributed by atoms with Gasteiger partial charge in [-0.2, -0.15) is 0 Å². The van der Waals surface area contributed by atoms with Crippen molar-refractivity contribution in [3.63, 3.8) is 0 Å². The highest BCUT2D eigenvalue weighted by atomic mass is 14.9. The Labute approximate surface area is 82.3 Å². The summed E-state index contributed by atoms with van der Waals surface area (Å²) in [5.74, 6) is 0.747. The van der Waals surface area contributed by atoms with Crippen LogP contribution >= 0.6 is 0 Å². The predicted molar refractivity (Wildman–Crippen MR) is 57.7 cm³/mol. The van der Waals surface area contributed by atoms with Gasteiger partial charge in [-0.05, 0) is 37.3 Å². The number of nitrogens with two attached hydrogens (primary N) is 1. The van der Waals surface area contributed by atoms with Gasteiger partial charge in [0.2, 0.25) is 0 Å². The second-order valence-corrected chi connectivity index (χ2v) is 4.94. The number of hydrogen-bond donors (Lipinski definition) is 2. The summed E-state index contributed by atoms with van der Waals surface area (Å²) in [7, 11) is 0. The SMILES string of the molecule is CC(C)CNCC1(CN)CCCC1. The van der Waals surface area contributed by atoms with Gasteiger partial charge in [0.1, 0.15) is 0 Å². The largest absolute Gasteiger partial charge is 0.330 e. The van der Waals surface area contributed by atoms with Crippen LogP contribution in [-0.2, 0) is 0 Å². The molecule has 0 bridgehead atoms. The molecule has 0 amide bonds. The van der Waals surface area contributed by atoms with Crippen LogP contribution in [0.15, 0.2) is 0 Å². The van der Waals surface area contributed by atoms with E-state index in [0.29, 0.717) is 5.41 Å². The standard InChI is InChI=1S/C11H24N2/c1-10(2)7-13-9-11(8-12)5-3-4-6-11/h10,13H,3-9,12H2,1-2H3. The lowest BCUT2D eigenvalue weighted by molar-refractivity contribution is 0.286. The Hall–Kier alpha value is -0.0800. The fourth-order valence-electron chi connectivity index (χ4n) is 2.20. The minimum Gasteiger partial charge on any atom is -0.330 e. The zero-order valence-electron chi connectivity index (χ0n) is 9.10. The molecule has 3 N–H and O–H groups in total. The molecule has 0 aromatic rings. The van der Waals surface area contributed by atoms with E-state index in [-0.39, 0.29) is 0 Å². The van der Waals surface area contributed by atoms with Crippen LogP contribution in [0, 0.1) is 11.3 Å². The quantitative estimate of drug-likeness (QED) is 0.683. The van der Waals surface area contributed by atoms with Crippen LogP contribution < -0.4 is 11.1 Å². The van der Waals surface area contributed by atoms with Crippen molar-refractivity contribution >= 4 is 0 Å². The normalized spacial score (nSPS) is 21.2. The van der Waals surface area contributed by atoms with Gasteiger partial charge in [0.15, 0.2) is 0 Å². The van der Waals surface area contributed by atoms with Gasteiger partial charge in [-0.1, -0.05) is 26.7 Å². The molecule has 1 saturated carbocycles. The van der Waals surface area contributed by atoms with Crippen molar-refractivity contribution in [1.29, 1.82) is 0 Å². The van der Waals surface area contributed by atoms with Crippen LogP contribution in [0.5, 0.6) is 0 Å². The Balaban J connectivity index is 2.23. The van der Waals surface area contributed by atoms with Gasteiger partial charge in [-0.25, -0.2) is 0 Å². The van der Waals surface area contributed by atoms with Crippen molar-refractivity contribution in [2.45, 2.75) is 39.5 Å². The summed E-state index contributed by atoms with van der Waals surface area (Å²) in [5, 5.41) is 3.54. The van der Waals surface area contributed by atoms with E-state index < -0.39 is 0 Å². The van der Waals surface area contributed by atoms with Crippen LogP contribution in [0.2, 0.25) is 0 Å². The molecule has 78 valence electrons. The Kier molecular flexibility index (Phi) is 4.20. The molecule has 1 fully saturated rings. The third-order valence-corrected chi connectivity index (χ3v) is 3.15. The number of nitrogens with one attached hydrogen (secondary N) is 1. The molecule has 2 nitrogen and oxygen atoms in total. The smallest absolute Gasteiger partial charge is 0.00200 e.